The van der Waals surface area contributed by atoms with Gasteiger partial charge in [0.25, 0.3) is 15.9 Å². The number of hydrogen-bond donors (Lipinski definition) is 2. The molecule has 1 amide bonds. The number of hydrazine groups is 1. The van der Waals surface area contributed by atoms with Crippen LogP contribution in [0.25, 0.3) is 0 Å². The number of methoxy groups -OCH3 is 1. The highest BCUT2D eigenvalue weighted by Gasteiger charge is 2.20. The average Bonchev–Trinajstić information content (AvgIpc) is 2.52. The molecule has 0 aromatic heterocycles. The van der Waals surface area contributed by atoms with Gasteiger partial charge in [-0.2, -0.15) is 0 Å². The minimum Gasteiger partial charge on any atom is -0.495 e. The zero-order valence-corrected chi connectivity index (χ0v) is 14.0. The first-order chi connectivity index (χ1) is 10.8. The number of aryl methyl sites for hydroxylation is 1. The molecule has 6 nitrogen and oxygen atoms in total. The minimum atomic E-state index is -3.98. The number of rotatable bonds is 5. The molecule has 2 aromatic rings. The quantitative estimate of drug-likeness (QED) is 0.807. The van der Waals surface area contributed by atoms with E-state index in [1.54, 1.807) is 31.2 Å². The van der Waals surface area contributed by atoms with Gasteiger partial charge in [0.1, 0.15) is 10.6 Å². The lowest BCUT2D eigenvalue weighted by Crippen LogP contribution is -2.41. The van der Waals surface area contributed by atoms with Crippen molar-refractivity contribution in [2.45, 2.75) is 11.8 Å². The molecule has 0 aliphatic carbocycles. The molecule has 8 heteroatoms. The van der Waals surface area contributed by atoms with E-state index < -0.39 is 15.9 Å². The molecule has 0 aliphatic rings. The van der Waals surface area contributed by atoms with Crippen LogP contribution < -0.4 is 15.0 Å². The topological polar surface area (TPSA) is 84.5 Å². The number of halogens is 1. The fourth-order valence-corrected chi connectivity index (χ4v) is 3.15. The Bertz CT molecular complexity index is 837. The van der Waals surface area contributed by atoms with Gasteiger partial charge in [0, 0.05) is 10.6 Å². The Hall–Kier alpha value is -2.09. The predicted molar refractivity (Wildman–Crippen MR) is 87.0 cm³/mol. The fourth-order valence-electron chi connectivity index (χ4n) is 1.86. The van der Waals surface area contributed by atoms with Crippen LogP contribution in [-0.4, -0.2) is 21.4 Å². The molecule has 0 radical (unpaired) electrons. The molecule has 0 spiro atoms. The maximum absolute atomic E-state index is 12.3. The third-order valence-corrected chi connectivity index (χ3v) is 4.50. The summed E-state index contributed by atoms with van der Waals surface area (Å²) in [5.41, 5.74) is 3.12. The minimum absolute atomic E-state index is 0.0635. The van der Waals surface area contributed by atoms with Gasteiger partial charge in [-0.1, -0.05) is 23.7 Å². The standard InChI is InChI=1S/C15H15ClN2O4S/c1-10-6-7-13(22-2)14(8-10)23(20,21)18-17-15(19)11-4-3-5-12(16)9-11/h3-9,18H,1-2H3,(H,17,19). The van der Waals surface area contributed by atoms with Crippen molar-refractivity contribution >= 4 is 27.5 Å². The zero-order chi connectivity index (χ0) is 17.0. The molecular weight excluding hydrogens is 340 g/mol. The monoisotopic (exact) mass is 354 g/mol. The van der Waals surface area contributed by atoms with E-state index in [2.05, 4.69) is 5.43 Å². The zero-order valence-electron chi connectivity index (χ0n) is 12.5. The van der Waals surface area contributed by atoms with Crippen LogP contribution in [0.1, 0.15) is 15.9 Å². The molecule has 0 unspecified atom stereocenters. The number of hydrogen-bond acceptors (Lipinski definition) is 4. The van der Waals surface area contributed by atoms with Crippen molar-refractivity contribution < 1.29 is 17.9 Å². The predicted octanol–water partition coefficient (Wildman–Crippen LogP) is 2.28. The highest BCUT2D eigenvalue weighted by Crippen LogP contribution is 2.24. The maximum Gasteiger partial charge on any atom is 0.266 e. The van der Waals surface area contributed by atoms with Gasteiger partial charge in [0.2, 0.25) is 0 Å². The normalized spacial score (nSPS) is 11.1. The summed E-state index contributed by atoms with van der Waals surface area (Å²) in [7, 11) is -2.61. The summed E-state index contributed by atoms with van der Waals surface area (Å²) in [6.07, 6.45) is 0. The van der Waals surface area contributed by atoms with Crippen molar-refractivity contribution in [1.29, 1.82) is 0 Å². The number of ether oxygens (including phenoxy) is 1. The van der Waals surface area contributed by atoms with Gasteiger partial charge in [-0.15, -0.1) is 4.83 Å². The molecule has 23 heavy (non-hydrogen) atoms. The smallest absolute Gasteiger partial charge is 0.266 e. The number of sulfonamides is 1. The van der Waals surface area contributed by atoms with Crippen LogP contribution in [0, 0.1) is 6.92 Å². The highest BCUT2D eigenvalue weighted by atomic mass is 35.5. The maximum atomic E-state index is 12.3. The van der Waals surface area contributed by atoms with Crippen molar-refractivity contribution in [3.63, 3.8) is 0 Å². The van der Waals surface area contributed by atoms with Gasteiger partial charge in [-0.25, -0.2) is 8.42 Å². The summed E-state index contributed by atoms with van der Waals surface area (Å²) in [6, 6.07) is 10.9. The molecule has 0 bridgehead atoms. The van der Waals surface area contributed by atoms with Gasteiger partial charge in [0.15, 0.2) is 0 Å². The van der Waals surface area contributed by atoms with Crippen molar-refractivity contribution in [1.82, 2.24) is 10.3 Å². The van der Waals surface area contributed by atoms with Crippen LogP contribution >= 0.6 is 11.6 Å². The van der Waals surface area contributed by atoms with Crippen molar-refractivity contribution in [3.8, 4) is 5.75 Å². The van der Waals surface area contributed by atoms with Crippen LogP contribution in [0.2, 0.25) is 5.02 Å². The van der Waals surface area contributed by atoms with Crippen LogP contribution in [0.5, 0.6) is 5.75 Å². The number of benzene rings is 2. The first kappa shape index (κ1) is 17.3. The second-order valence-corrected chi connectivity index (χ2v) is 6.81. The first-order valence-electron chi connectivity index (χ1n) is 6.56. The largest absolute Gasteiger partial charge is 0.495 e. The van der Waals surface area contributed by atoms with Crippen molar-refractivity contribution in [2.75, 3.05) is 7.11 Å². The number of amides is 1. The van der Waals surface area contributed by atoms with Gasteiger partial charge in [-0.05, 0) is 42.8 Å². The highest BCUT2D eigenvalue weighted by molar-refractivity contribution is 7.89. The molecule has 0 fully saturated rings. The van der Waals surface area contributed by atoms with Gasteiger partial charge < -0.3 is 4.74 Å². The number of carbonyl (C=O) groups is 1. The molecule has 0 atom stereocenters. The van der Waals surface area contributed by atoms with Crippen LogP contribution in [-0.2, 0) is 10.0 Å². The van der Waals surface area contributed by atoms with E-state index in [9.17, 15) is 13.2 Å². The van der Waals surface area contributed by atoms with E-state index in [1.807, 2.05) is 4.83 Å². The Morgan fingerprint density at radius 1 is 1.17 bits per heavy atom. The Kier molecular flexibility index (Phi) is 5.25. The second kappa shape index (κ2) is 6.99. The van der Waals surface area contributed by atoms with E-state index in [0.29, 0.717) is 5.02 Å². The lowest BCUT2D eigenvalue weighted by Gasteiger charge is -2.12. The Morgan fingerprint density at radius 3 is 2.57 bits per heavy atom. The van der Waals surface area contributed by atoms with Crippen molar-refractivity contribution in [3.05, 3.63) is 58.6 Å². The second-order valence-electron chi connectivity index (χ2n) is 4.72. The molecule has 122 valence electrons. The summed E-state index contributed by atoms with van der Waals surface area (Å²) in [5, 5.41) is 0.376. The summed E-state index contributed by atoms with van der Waals surface area (Å²) in [6.45, 7) is 1.75. The third kappa shape index (κ3) is 4.22. The average molecular weight is 355 g/mol. The summed E-state index contributed by atoms with van der Waals surface area (Å²) < 4.78 is 29.7. The summed E-state index contributed by atoms with van der Waals surface area (Å²) in [4.78, 5) is 13.9. The van der Waals surface area contributed by atoms with E-state index in [0.717, 1.165) is 5.56 Å². The fraction of sp³-hybridized carbons (Fsp3) is 0.133. The van der Waals surface area contributed by atoms with Crippen molar-refractivity contribution in [2.24, 2.45) is 0 Å². The van der Waals surface area contributed by atoms with E-state index in [-0.39, 0.29) is 16.2 Å². The molecule has 2 aromatic carbocycles. The van der Waals surface area contributed by atoms with Crippen LogP contribution in [0.15, 0.2) is 47.4 Å². The van der Waals surface area contributed by atoms with Gasteiger partial charge in [0.05, 0.1) is 7.11 Å². The van der Waals surface area contributed by atoms with E-state index >= 15 is 0 Å². The Morgan fingerprint density at radius 2 is 1.91 bits per heavy atom. The molecular formula is C15H15ClN2O4S. The summed E-state index contributed by atoms with van der Waals surface area (Å²) in [5.74, 6) is -0.442. The van der Waals surface area contributed by atoms with E-state index in [1.165, 1.54) is 25.3 Å². The molecule has 2 rings (SSSR count). The van der Waals surface area contributed by atoms with E-state index in [4.69, 9.17) is 16.3 Å². The molecule has 0 heterocycles. The first-order valence-corrected chi connectivity index (χ1v) is 8.42. The molecule has 0 saturated heterocycles. The molecule has 0 aliphatic heterocycles. The lowest BCUT2D eigenvalue weighted by atomic mass is 10.2. The van der Waals surface area contributed by atoms with Gasteiger partial charge >= 0.3 is 0 Å². The Labute approximate surface area is 139 Å². The number of nitrogens with one attached hydrogen (secondary N) is 2. The Balaban J connectivity index is 2.19. The molecule has 2 N–H and O–H groups in total. The molecule has 0 saturated carbocycles. The van der Waals surface area contributed by atoms with Gasteiger partial charge in [-0.3, -0.25) is 10.2 Å². The number of carbonyl (C=O) groups excluding carboxylic acids is 1. The van der Waals surface area contributed by atoms with Crippen LogP contribution in [0.4, 0.5) is 0 Å². The third-order valence-electron chi connectivity index (χ3n) is 2.99. The SMILES string of the molecule is COc1ccc(C)cc1S(=O)(=O)NNC(=O)c1cccc(Cl)c1. The van der Waals surface area contributed by atoms with Crippen LogP contribution in [0.3, 0.4) is 0 Å². The lowest BCUT2D eigenvalue weighted by molar-refractivity contribution is 0.0945. The summed E-state index contributed by atoms with van der Waals surface area (Å²) >= 11 is 5.80.